The van der Waals surface area contributed by atoms with E-state index in [2.05, 4.69) is 5.32 Å². The highest BCUT2D eigenvalue weighted by Gasteiger charge is 2.28. The Bertz CT molecular complexity index is 1130. The van der Waals surface area contributed by atoms with Gasteiger partial charge in [-0.05, 0) is 48.0 Å². The highest BCUT2D eigenvalue weighted by Crippen LogP contribution is 2.39. The van der Waals surface area contributed by atoms with Crippen molar-refractivity contribution in [1.82, 2.24) is 5.32 Å². The fraction of sp³-hybridized carbons (Fsp3) is 0.208. The third-order valence-electron chi connectivity index (χ3n) is 5.12. The molecule has 0 spiro atoms. The number of nitro groups is 1. The molecule has 0 aliphatic heterocycles. The number of methoxy groups -OCH3 is 4. The summed E-state index contributed by atoms with van der Waals surface area (Å²) in [5.41, 5.74) is 1.01. The van der Waals surface area contributed by atoms with Gasteiger partial charge in [-0.1, -0.05) is 12.1 Å². The van der Waals surface area contributed by atoms with Crippen molar-refractivity contribution < 1.29 is 28.7 Å². The van der Waals surface area contributed by atoms with E-state index in [0.717, 1.165) is 0 Å². The van der Waals surface area contributed by atoms with Gasteiger partial charge in [0.05, 0.1) is 51.0 Å². The fourth-order valence-corrected chi connectivity index (χ4v) is 3.37. The molecule has 9 heteroatoms. The Kier molecular flexibility index (Phi) is 7.34. The molecule has 3 rings (SSSR count). The summed E-state index contributed by atoms with van der Waals surface area (Å²) in [6, 6.07) is 15.4. The van der Waals surface area contributed by atoms with Crippen LogP contribution >= 0.6 is 0 Å². The van der Waals surface area contributed by atoms with Crippen LogP contribution in [0.5, 0.6) is 23.0 Å². The topological polar surface area (TPSA) is 109 Å². The average molecular weight is 452 g/mol. The highest BCUT2D eigenvalue weighted by molar-refractivity contribution is 5.95. The SMILES string of the molecule is COc1ccc(C(=O)NC(c2ccc(OC)cc2)c2cc(OC)c(OC)cc2[N+](=O)[O-])cc1. The molecule has 3 aromatic carbocycles. The minimum Gasteiger partial charge on any atom is -0.497 e. The molecule has 0 radical (unpaired) electrons. The van der Waals surface area contributed by atoms with Gasteiger partial charge in [0, 0.05) is 5.56 Å². The smallest absolute Gasteiger partial charge is 0.279 e. The first kappa shape index (κ1) is 23.4. The van der Waals surface area contributed by atoms with Crippen molar-refractivity contribution in [3.05, 3.63) is 87.5 Å². The molecule has 0 saturated heterocycles. The monoisotopic (exact) mass is 452 g/mol. The third kappa shape index (κ3) is 5.15. The van der Waals surface area contributed by atoms with Gasteiger partial charge in [0.25, 0.3) is 11.6 Å². The highest BCUT2D eigenvalue weighted by atomic mass is 16.6. The maximum atomic E-state index is 13.1. The van der Waals surface area contributed by atoms with Crippen LogP contribution < -0.4 is 24.3 Å². The maximum Gasteiger partial charge on any atom is 0.279 e. The van der Waals surface area contributed by atoms with Gasteiger partial charge >= 0.3 is 0 Å². The van der Waals surface area contributed by atoms with Crippen molar-refractivity contribution in [3.63, 3.8) is 0 Å². The Morgan fingerprint density at radius 1 is 0.818 bits per heavy atom. The van der Waals surface area contributed by atoms with Gasteiger partial charge in [0.15, 0.2) is 11.5 Å². The van der Waals surface area contributed by atoms with Crippen LogP contribution in [0, 0.1) is 10.1 Å². The molecule has 1 atom stereocenters. The Balaban J connectivity index is 2.12. The molecule has 0 aromatic heterocycles. The number of nitrogens with one attached hydrogen (secondary N) is 1. The van der Waals surface area contributed by atoms with E-state index in [-0.39, 0.29) is 17.0 Å². The zero-order chi connectivity index (χ0) is 24.0. The number of hydrogen-bond donors (Lipinski definition) is 1. The Labute approximate surface area is 191 Å². The Morgan fingerprint density at radius 2 is 1.33 bits per heavy atom. The first-order valence-electron chi connectivity index (χ1n) is 9.91. The zero-order valence-electron chi connectivity index (χ0n) is 18.7. The summed E-state index contributed by atoms with van der Waals surface area (Å²) >= 11 is 0. The maximum absolute atomic E-state index is 13.1. The molecule has 0 heterocycles. The van der Waals surface area contributed by atoms with Gasteiger partial charge in [-0.3, -0.25) is 14.9 Å². The lowest BCUT2D eigenvalue weighted by atomic mass is 9.95. The van der Waals surface area contributed by atoms with Crippen LogP contribution in [0.4, 0.5) is 5.69 Å². The number of carbonyl (C=O) groups excluding carboxylic acids is 1. The normalized spacial score (nSPS) is 11.3. The second-order valence-electron chi connectivity index (χ2n) is 6.93. The molecule has 0 bridgehead atoms. The van der Waals surface area contributed by atoms with E-state index in [1.165, 1.54) is 40.6 Å². The molecule has 33 heavy (non-hydrogen) atoms. The van der Waals surface area contributed by atoms with E-state index in [4.69, 9.17) is 18.9 Å². The van der Waals surface area contributed by atoms with Crippen molar-refractivity contribution in [1.29, 1.82) is 0 Å². The summed E-state index contributed by atoms with van der Waals surface area (Å²) in [4.78, 5) is 24.5. The van der Waals surface area contributed by atoms with Crippen molar-refractivity contribution >= 4 is 11.6 Å². The van der Waals surface area contributed by atoms with Gasteiger partial charge in [-0.2, -0.15) is 0 Å². The van der Waals surface area contributed by atoms with Gasteiger partial charge < -0.3 is 24.3 Å². The van der Waals surface area contributed by atoms with Crippen molar-refractivity contribution in [2.45, 2.75) is 6.04 Å². The van der Waals surface area contributed by atoms with E-state index >= 15 is 0 Å². The molecule has 0 saturated carbocycles. The lowest BCUT2D eigenvalue weighted by Crippen LogP contribution is -2.30. The Morgan fingerprint density at radius 3 is 1.82 bits per heavy atom. The first-order chi connectivity index (χ1) is 15.9. The molecular weight excluding hydrogens is 428 g/mol. The molecular formula is C24H24N2O7. The second kappa shape index (κ2) is 10.4. The van der Waals surface area contributed by atoms with Crippen LogP contribution in [0.1, 0.15) is 27.5 Å². The van der Waals surface area contributed by atoms with Gasteiger partial charge in [-0.15, -0.1) is 0 Å². The molecule has 1 unspecified atom stereocenters. The number of benzene rings is 3. The number of nitro benzene ring substituents is 1. The number of nitrogens with zero attached hydrogens (tertiary/aromatic N) is 1. The van der Waals surface area contributed by atoms with Crippen LogP contribution in [0.3, 0.4) is 0 Å². The largest absolute Gasteiger partial charge is 0.497 e. The van der Waals surface area contributed by atoms with Gasteiger partial charge in [-0.25, -0.2) is 0 Å². The number of hydrogen-bond acceptors (Lipinski definition) is 7. The molecule has 1 N–H and O–H groups in total. The standard InChI is InChI=1S/C24H24N2O7/c1-30-17-9-5-15(6-10-17)23(25-24(27)16-7-11-18(31-2)12-8-16)19-13-21(32-3)22(33-4)14-20(19)26(28)29/h5-14,23H,1-4H3,(H,25,27). The molecule has 1 amide bonds. The van der Waals surface area contributed by atoms with E-state index in [1.807, 2.05) is 0 Å². The summed E-state index contributed by atoms with van der Waals surface area (Å²) in [7, 11) is 5.90. The summed E-state index contributed by atoms with van der Waals surface area (Å²) < 4.78 is 20.9. The molecule has 0 fully saturated rings. The summed E-state index contributed by atoms with van der Waals surface area (Å²) in [6.07, 6.45) is 0. The number of rotatable bonds is 9. The zero-order valence-corrected chi connectivity index (χ0v) is 18.7. The molecule has 0 aliphatic carbocycles. The first-order valence-corrected chi connectivity index (χ1v) is 9.91. The fourth-order valence-electron chi connectivity index (χ4n) is 3.37. The van der Waals surface area contributed by atoms with Crippen LogP contribution in [0.2, 0.25) is 0 Å². The van der Waals surface area contributed by atoms with Crippen molar-refractivity contribution in [2.24, 2.45) is 0 Å². The van der Waals surface area contributed by atoms with Crippen molar-refractivity contribution in [3.8, 4) is 23.0 Å². The quantitative estimate of drug-likeness (QED) is 0.384. The second-order valence-corrected chi connectivity index (χ2v) is 6.93. The molecule has 0 aliphatic rings. The number of carbonyl (C=O) groups is 1. The van der Waals surface area contributed by atoms with E-state index in [9.17, 15) is 14.9 Å². The van der Waals surface area contributed by atoms with E-state index in [1.54, 1.807) is 48.5 Å². The van der Waals surface area contributed by atoms with Crippen LogP contribution in [-0.2, 0) is 0 Å². The predicted molar refractivity (Wildman–Crippen MR) is 121 cm³/mol. The molecule has 172 valence electrons. The summed E-state index contributed by atoms with van der Waals surface area (Å²) in [6.45, 7) is 0. The van der Waals surface area contributed by atoms with Crippen molar-refractivity contribution in [2.75, 3.05) is 28.4 Å². The van der Waals surface area contributed by atoms with E-state index in [0.29, 0.717) is 28.4 Å². The Hall–Kier alpha value is -4.27. The summed E-state index contributed by atoms with van der Waals surface area (Å²) in [5.74, 6) is 1.32. The van der Waals surface area contributed by atoms with Gasteiger partial charge in [0.2, 0.25) is 0 Å². The number of amides is 1. The van der Waals surface area contributed by atoms with Crippen LogP contribution in [0.25, 0.3) is 0 Å². The lowest BCUT2D eigenvalue weighted by Gasteiger charge is -2.21. The van der Waals surface area contributed by atoms with E-state index < -0.39 is 16.9 Å². The number of ether oxygens (including phenoxy) is 4. The third-order valence-corrected chi connectivity index (χ3v) is 5.12. The van der Waals surface area contributed by atoms with Crippen LogP contribution in [-0.4, -0.2) is 39.3 Å². The minimum absolute atomic E-state index is 0.211. The summed E-state index contributed by atoms with van der Waals surface area (Å²) in [5, 5.41) is 14.8. The predicted octanol–water partition coefficient (Wildman–Crippen LogP) is 4.15. The molecule has 3 aromatic rings. The van der Waals surface area contributed by atoms with Crippen LogP contribution in [0.15, 0.2) is 60.7 Å². The minimum atomic E-state index is -0.856. The van der Waals surface area contributed by atoms with Gasteiger partial charge in [0.1, 0.15) is 11.5 Å². The lowest BCUT2D eigenvalue weighted by molar-refractivity contribution is -0.385. The average Bonchev–Trinajstić information content (AvgIpc) is 2.86. The molecule has 9 nitrogen and oxygen atoms in total.